The molecule has 6 atom stereocenters. The molecule has 2 saturated heterocycles. The number of carbonyl (C=O) groups is 5. The first kappa shape index (κ1) is 39.5. The van der Waals surface area contributed by atoms with Crippen LogP contribution in [0.2, 0.25) is 0 Å². The van der Waals surface area contributed by atoms with Crippen molar-refractivity contribution >= 4 is 39.4 Å². The quantitative estimate of drug-likeness (QED) is 0.288. The van der Waals surface area contributed by atoms with E-state index in [1.165, 1.54) is 4.90 Å². The number of hydrogen-bond acceptors (Lipinski definition) is 8. The zero-order valence-electron chi connectivity index (χ0n) is 31.5. The predicted octanol–water partition coefficient (Wildman–Crippen LogP) is 3.15. The summed E-state index contributed by atoms with van der Waals surface area (Å²) in [7, 11) is -3.65. The van der Waals surface area contributed by atoms with Crippen LogP contribution in [-0.4, -0.2) is 102 Å². The monoisotopic (exact) mass is 735 g/mol. The molecule has 0 aromatic rings. The van der Waals surface area contributed by atoms with E-state index in [9.17, 15) is 32.4 Å². The summed E-state index contributed by atoms with van der Waals surface area (Å²) in [6, 6.07) is -3.67. The minimum atomic E-state index is -3.65. The molecule has 0 unspecified atom stereocenters. The molecule has 288 valence electrons. The number of amides is 5. The van der Waals surface area contributed by atoms with Gasteiger partial charge in [0, 0.05) is 19.2 Å². The molecular formula is C37H61N5O8S. The first-order valence-corrected chi connectivity index (χ1v) is 20.8. The van der Waals surface area contributed by atoms with E-state index >= 15 is 0 Å². The van der Waals surface area contributed by atoms with Crippen molar-refractivity contribution in [1.29, 1.82) is 0 Å². The lowest BCUT2D eigenvalue weighted by molar-refractivity contribution is -0.144. The number of piperidine rings is 1. The average molecular weight is 736 g/mol. The van der Waals surface area contributed by atoms with Gasteiger partial charge in [0.1, 0.15) is 12.1 Å². The number of carbonyl (C=O) groups excluding carboxylic acids is 5. The highest BCUT2D eigenvalue weighted by Crippen LogP contribution is 2.65. The van der Waals surface area contributed by atoms with Gasteiger partial charge in [-0.2, -0.15) is 0 Å². The van der Waals surface area contributed by atoms with Crippen LogP contribution in [0.1, 0.15) is 125 Å². The highest BCUT2D eigenvalue weighted by atomic mass is 32.2. The van der Waals surface area contributed by atoms with E-state index in [1.54, 1.807) is 27.7 Å². The lowest BCUT2D eigenvalue weighted by Crippen LogP contribution is -2.65. The van der Waals surface area contributed by atoms with Crippen LogP contribution >= 0.6 is 0 Å². The van der Waals surface area contributed by atoms with Crippen LogP contribution in [0.15, 0.2) is 0 Å². The Morgan fingerprint density at radius 2 is 1.55 bits per heavy atom. The zero-order chi connectivity index (χ0) is 37.4. The van der Waals surface area contributed by atoms with Gasteiger partial charge in [-0.25, -0.2) is 13.2 Å². The van der Waals surface area contributed by atoms with Gasteiger partial charge in [-0.15, -0.1) is 0 Å². The van der Waals surface area contributed by atoms with Gasteiger partial charge >= 0.3 is 6.03 Å². The third kappa shape index (κ3) is 8.57. The van der Waals surface area contributed by atoms with E-state index < -0.39 is 73.0 Å². The molecule has 5 amide bonds. The van der Waals surface area contributed by atoms with Crippen molar-refractivity contribution in [3.8, 4) is 0 Å². The van der Waals surface area contributed by atoms with Crippen molar-refractivity contribution in [3.63, 3.8) is 0 Å². The summed E-state index contributed by atoms with van der Waals surface area (Å²) in [5.74, 6) is -2.39. The van der Waals surface area contributed by atoms with Crippen molar-refractivity contribution in [2.45, 2.75) is 165 Å². The smallest absolute Gasteiger partial charge is 0.315 e. The second-order valence-electron chi connectivity index (χ2n) is 17.4. The van der Waals surface area contributed by atoms with Crippen molar-refractivity contribution in [1.82, 2.24) is 26.2 Å². The highest BCUT2D eigenvalue weighted by Gasteiger charge is 2.69. The van der Waals surface area contributed by atoms with Gasteiger partial charge < -0.3 is 30.9 Å². The molecule has 2 aliphatic heterocycles. The maximum absolute atomic E-state index is 14.4. The van der Waals surface area contributed by atoms with Crippen molar-refractivity contribution < 1.29 is 37.1 Å². The molecule has 0 spiro atoms. The Balaban J connectivity index is 1.38. The standard InChI is InChI=1S/C37H61N5O8S/c1-23(51(48,49)35(2,3)4)37(18-12-10-13-19-37)41-34(47)40-27-22-50-20-14-9-7-8-11-15-26(30(43)32(45)38-24-16-17-24)39-31(44)29-28-25(36(28,5)6)21-42(29)33(27)46/h23-29H,7-22H2,1-6H3,(H,38,45)(H,39,44)(H2,40,41,47)/t23-,25+,26-,27-,28+,29+/m1/s1. The molecule has 0 aromatic heterocycles. The summed E-state index contributed by atoms with van der Waals surface area (Å²) in [5, 5.41) is 10.6. The van der Waals surface area contributed by atoms with Gasteiger partial charge in [-0.3, -0.25) is 19.2 Å². The molecule has 13 nitrogen and oxygen atoms in total. The van der Waals surface area contributed by atoms with Gasteiger partial charge in [0.15, 0.2) is 9.84 Å². The molecule has 0 aromatic carbocycles. The van der Waals surface area contributed by atoms with Gasteiger partial charge in [0.05, 0.1) is 28.2 Å². The predicted molar refractivity (Wildman–Crippen MR) is 192 cm³/mol. The molecule has 0 bridgehead atoms. The summed E-state index contributed by atoms with van der Waals surface area (Å²) in [6.45, 7) is 11.4. The van der Waals surface area contributed by atoms with E-state index in [0.717, 1.165) is 57.8 Å². The van der Waals surface area contributed by atoms with Gasteiger partial charge in [0.25, 0.3) is 5.91 Å². The van der Waals surface area contributed by atoms with Crippen molar-refractivity contribution in [2.75, 3.05) is 19.8 Å². The zero-order valence-corrected chi connectivity index (χ0v) is 32.3. The van der Waals surface area contributed by atoms with E-state index in [1.807, 2.05) is 0 Å². The number of fused-ring (bicyclic) bond motifs is 3. The summed E-state index contributed by atoms with van der Waals surface area (Å²) < 4.78 is 32.3. The molecule has 3 saturated carbocycles. The van der Waals surface area contributed by atoms with E-state index in [0.29, 0.717) is 38.8 Å². The van der Waals surface area contributed by atoms with Gasteiger partial charge in [-0.05, 0) is 83.5 Å². The van der Waals surface area contributed by atoms with E-state index in [4.69, 9.17) is 4.74 Å². The molecule has 5 aliphatic rings. The Bertz CT molecular complexity index is 1450. The molecule has 3 aliphatic carbocycles. The Hall–Kier alpha value is -2.74. The Morgan fingerprint density at radius 1 is 0.922 bits per heavy atom. The topological polar surface area (TPSA) is 180 Å². The van der Waals surface area contributed by atoms with Crippen LogP contribution in [0.5, 0.6) is 0 Å². The number of nitrogens with zero attached hydrogens (tertiary/aromatic N) is 1. The summed E-state index contributed by atoms with van der Waals surface area (Å²) in [4.78, 5) is 70.1. The number of hydrogen-bond donors (Lipinski definition) is 4. The number of sulfone groups is 1. The van der Waals surface area contributed by atoms with Crippen molar-refractivity contribution in [2.24, 2.45) is 17.3 Å². The van der Waals surface area contributed by atoms with E-state index in [2.05, 4.69) is 35.1 Å². The third-order valence-corrected chi connectivity index (χ3v) is 15.5. The third-order valence-electron chi connectivity index (χ3n) is 12.4. The molecule has 5 fully saturated rings. The normalized spacial score (nSPS) is 30.9. The largest absolute Gasteiger partial charge is 0.379 e. The number of Topliss-reactive ketones (excluding diaryl/α,β-unsaturated/α-hetero) is 1. The summed E-state index contributed by atoms with van der Waals surface area (Å²) in [6.07, 6.45) is 9.43. The molecule has 14 heteroatoms. The summed E-state index contributed by atoms with van der Waals surface area (Å²) >= 11 is 0. The first-order chi connectivity index (χ1) is 23.9. The average Bonchev–Trinajstić information content (AvgIpc) is 3.92. The fourth-order valence-corrected chi connectivity index (χ4v) is 10.7. The lowest BCUT2D eigenvalue weighted by Gasteiger charge is -2.44. The summed E-state index contributed by atoms with van der Waals surface area (Å²) in [5.41, 5.74) is -1.22. The SMILES string of the molecule is C[C@H](C1(NC(=O)N[C@@H]2COCCCCCCC[C@H](C(=O)C(=O)NC3CC3)NC(=O)[C@@H]3[C@@H]4[C@H](CN3C2=O)C4(C)C)CCCCC1)S(=O)(=O)C(C)(C)C. The van der Waals surface area contributed by atoms with Crippen LogP contribution in [0.3, 0.4) is 0 Å². The Kier molecular flexibility index (Phi) is 11.9. The van der Waals surface area contributed by atoms with Crippen LogP contribution in [0, 0.1) is 17.3 Å². The van der Waals surface area contributed by atoms with Crippen LogP contribution in [-0.2, 0) is 33.8 Å². The molecule has 51 heavy (non-hydrogen) atoms. The van der Waals surface area contributed by atoms with Crippen molar-refractivity contribution in [3.05, 3.63) is 0 Å². The van der Waals surface area contributed by atoms with Gasteiger partial charge in [0.2, 0.25) is 17.6 Å². The Morgan fingerprint density at radius 3 is 2.20 bits per heavy atom. The molecule has 0 radical (unpaired) electrons. The number of ketones is 1. The molecule has 2 heterocycles. The lowest BCUT2D eigenvalue weighted by atomic mass is 9.79. The number of urea groups is 1. The minimum absolute atomic E-state index is 0.00209. The van der Waals surface area contributed by atoms with Crippen LogP contribution in [0.25, 0.3) is 0 Å². The molecular weight excluding hydrogens is 675 g/mol. The van der Waals surface area contributed by atoms with E-state index in [-0.39, 0.29) is 29.9 Å². The first-order valence-electron chi connectivity index (χ1n) is 19.3. The number of ether oxygens (including phenoxy) is 1. The highest BCUT2D eigenvalue weighted by molar-refractivity contribution is 7.93. The van der Waals surface area contributed by atoms with Crippen LogP contribution < -0.4 is 21.3 Å². The fourth-order valence-electron chi connectivity index (χ4n) is 8.70. The molecule has 5 rings (SSSR count). The Labute approximate surface area is 303 Å². The maximum atomic E-state index is 14.4. The number of nitrogens with one attached hydrogen (secondary N) is 4. The van der Waals surface area contributed by atoms with Gasteiger partial charge in [-0.1, -0.05) is 58.8 Å². The van der Waals surface area contributed by atoms with Crippen LogP contribution in [0.4, 0.5) is 4.79 Å². The maximum Gasteiger partial charge on any atom is 0.315 e. The number of rotatable bonds is 7. The molecule has 4 N–H and O–H groups in total. The second-order valence-corrected chi connectivity index (χ2v) is 20.4. The minimum Gasteiger partial charge on any atom is -0.379 e. The fraction of sp³-hybridized carbons (Fsp3) is 0.865. The second kappa shape index (κ2) is 15.3.